The van der Waals surface area contributed by atoms with Crippen molar-refractivity contribution >= 4 is 12.1 Å². The van der Waals surface area contributed by atoms with Crippen LogP contribution in [0.5, 0.6) is 11.5 Å². The standard InChI is InChI=1S/C26H44N2O3/c1-3-4-5-6-7-8-9-10-11-12-13-14-15-16-17-18-26(30)28-27-22-23-21-24(31-2)19-20-25(23)29/h19-22,29H,3-18H2,1-2H3,(H,28,30). The lowest BCUT2D eigenvalue weighted by Crippen LogP contribution is -2.16. The number of ether oxygens (including phenoxy) is 1. The number of benzene rings is 1. The van der Waals surface area contributed by atoms with Crippen molar-refractivity contribution in [2.75, 3.05) is 7.11 Å². The van der Waals surface area contributed by atoms with E-state index in [4.69, 9.17) is 4.74 Å². The van der Waals surface area contributed by atoms with Crippen LogP contribution in [-0.2, 0) is 4.79 Å². The molecule has 0 heterocycles. The number of hydrazone groups is 1. The molecule has 0 fully saturated rings. The predicted molar refractivity (Wildman–Crippen MR) is 130 cm³/mol. The van der Waals surface area contributed by atoms with Gasteiger partial charge in [0, 0.05) is 12.0 Å². The zero-order valence-corrected chi connectivity index (χ0v) is 19.8. The molecule has 0 aromatic heterocycles. The van der Waals surface area contributed by atoms with E-state index < -0.39 is 0 Å². The van der Waals surface area contributed by atoms with Crippen molar-refractivity contribution in [3.8, 4) is 11.5 Å². The Morgan fingerprint density at radius 1 is 0.903 bits per heavy atom. The molecule has 0 saturated heterocycles. The highest BCUT2D eigenvalue weighted by Crippen LogP contribution is 2.21. The van der Waals surface area contributed by atoms with Crippen LogP contribution in [0.2, 0.25) is 0 Å². The SMILES string of the molecule is CCCCCCCCCCCCCCCCCC(=O)NN=Cc1cc(OC)ccc1O. The maximum Gasteiger partial charge on any atom is 0.240 e. The van der Waals surface area contributed by atoms with Gasteiger partial charge in [-0.2, -0.15) is 5.10 Å². The third-order valence-corrected chi connectivity index (χ3v) is 5.63. The second kappa shape index (κ2) is 18.7. The normalized spacial score (nSPS) is 11.2. The lowest BCUT2D eigenvalue weighted by atomic mass is 10.0. The second-order valence-corrected chi connectivity index (χ2v) is 8.42. The molecule has 0 aliphatic carbocycles. The van der Waals surface area contributed by atoms with Gasteiger partial charge in [-0.05, 0) is 24.6 Å². The van der Waals surface area contributed by atoms with Crippen LogP contribution in [0.15, 0.2) is 23.3 Å². The monoisotopic (exact) mass is 432 g/mol. The van der Waals surface area contributed by atoms with Gasteiger partial charge in [0.15, 0.2) is 0 Å². The number of amides is 1. The number of carbonyl (C=O) groups is 1. The third-order valence-electron chi connectivity index (χ3n) is 5.63. The number of methoxy groups -OCH3 is 1. The molecule has 0 bridgehead atoms. The highest BCUT2D eigenvalue weighted by atomic mass is 16.5. The first-order valence-corrected chi connectivity index (χ1v) is 12.4. The number of carbonyl (C=O) groups excluding carboxylic acids is 1. The minimum Gasteiger partial charge on any atom is -0.507 e. The first kappa shape index (κ1) is 27.0. The Bertz CT molecular complexity index is 617. The fraction of sp³-hybridized carbons (Fsp3) is 0.692. The van der Waals surface area contributed by atoms with Crippen LogP contribution in [0.3, 0.4) is 0 Å². The van der Waals surface area contributed by atoms with E-state index in [1.807, 2.05) is 0 Å². The molecule has 1 rings (SSSR count). The number of unbranched alkanes of at least 4 members (excludes halogenated alkanes) is 14. The molecule has 31 heavy (non-hydrogen) atoms. The maximum absolute atomic E-state index is 11.9. The summed E-state index contributed by atoms with van der Waals surface area (Å²) < 4.78 is 5.11. The van der Waals surface area contributed by atoms with Crippen molar-refractivity contribution in [3.63, 3.8) is 0 Å². The summed E-state index contributed by atoms with van der Waals surface area (Å²) in [6, 6.07) is 4.87. The largest absolute Gasteiger partial charge is 0.507 e. The molecule has 1 amide bonds. The number of phenolic OH excluding ortho intramolecular Hbond substituents is 1. The Morgan fingerprint density at radius 3 is 1.94 bits per heavy atom. The minimum absolute atomic E-state index is 0.0895. The van der Waals surface area contributed by atoms with Crippen molar-refractivity contribution in [1.29, 1.82) is 0 Å². The van der Waals surface area contributed by atoms with Crippen LogP contribution in [0.1, 0.15) is 115 Å². The number of hydrogen-bond donors (Lipinski definition) is 2. The molecule has 0 saturated carbocycles. The molecule has 1 aromatic rings. The van der Waals surface area contributed by atoms with Gasteiger partial charge in [-0.15, -0.1) is 0 Å². The number of nitrogens with zero attached hydrogens (tertiary/aromatic N) is 1. The molecule has 1 aromatic carbocycles. The molecule has 176 valence electrons. The lowest BCUT2D eigenvalue weighted by Gasteiger charge is -2.04. The van der Waals surface area contributed by atoms with E-state index >= 15 is 0 Å². The van der Waals surface area contributed by atoms with Crippen molar-refractivity contribution in [2.45, 2.75) is 110 Å². The van der Waals surface area contributed by atoms with Crippen molar-refractivity contribution < 1.29 is 14.6 Å². The van der Waals surface area contributed by atoms with Crippen LogP contribution in [0.4, 0.5) is 0 Å². The summed E-state index contributed by atoms with van der Waals surface area (Å²) in [5.41, 5.74) is 3.03. The Morgan fingerprint density at radius 2 is 1.42 bits per heavy atom. The first-order chi connectivity index (χ1) is 15.2. The summed E-state index contributed by atoms with van der Waals surface area (Å²) in [6.45, 7) is 2.27. The minimum atomic E-state index is -0.0895. The summed E-state index contributed by atoms with van der Waals surface area (Å²) in [7, 11) is 1.56. The Kier molecular flexibility index (Phi) is 16.3. The van der Waals surface area contributed by atoms with Crippen LogP contribution >= 0.6 is 0 Å². The van der Waals surface area contributed by atoms with E-state index in [1.54, 1.807) is 19.2 Å². The summed E-state index contributed by atoms with van der Waals surface area (Å²) >= 11 is 0. The highest BCUT2D eigenvalue weighted by Gasteiger charge is 2.02. The summed E-state index contributed by atoms with van der Waals surface area (Å²) in [5, 5.41) is 13.7. The van der Waals surface area contributed by atoms with Crippen molar-refractivity contribution in [2.24, 2.45) is 5.10 Å². The molecule has 0 unspecified atom stereocenters. The van der Waals surface area contributed by atoms with Gasteiger partial charge in [-0.25, -0.2) is 5.43 Å². The first-order valence-electron chi connectivity index (χ1n) is 12.4. The number of nitrogens with one attached hydrogen (secondary N) is 1. The molecule has 5 nitrogen and oxygen atoms in total. The summed E-state index contributed by atoms with van der Waals surface area (Å²) in [6.07, 6.45) is 21.6. The van der Waals surface area contributed by atoms with E-state index in [1.165, 1.54) is 95.8 Å². The smallest absolute Gasteiger partial charge is 0.240 e. The summed E-state index contributed by atoms with van der Waals surface area (Å²) in [4.78, 5) is 11.9. The second-order valence-electron chi connectivity index (χ2n) is 8.42. The van der Waals surface area contributed by atoms with Crippen molar-refractivity contribution in [1.82, 2.24) is 5.43 Å². The van der Waals surface area contributed by atoms with Gasteiger partial charge in [0.25, 0.3) is 0 Å². The molecule has 0 spiro atoms. The van der Waals surface area contributed by atoms with Crippen molar-refractivity contribution in [3.05, 3.63) is 23.8 Å². The van der Waals surface area contributed by atoms with E-state index in [0.29, 0.717) is 17.7 Å². The molecule has 2 N–H and O–H groups in total. The van der Waals surface area contributed by atoms with Crippen LogP contribution in [0.25, 0.3) is 0 Å². The van der Waals surface area contributed by atoms with Gasteiger partial charge in [0.2, 0.25) is 5.91 Å². The molecule has 0 radical (unpaired) electrons. The number of phenols is 1. The fourth-order valence-electron chi connectivity index (χ4n) is 3.65. The zero-order chi connectivity index (χ0) is 22.6. The van der Waals surface area contributed by atoms with Gasteiger partial charge in [-0.3, -0.25) is 4.79 Å². The Labute approximate surface area is 189 Å². The average Bonchev–Trinajstić information content (AvgIpc) is 2.77. The molecule has 0 aliphatic heterocycles. The highest BCUT2D eigenvalue weighted by molar-refractivity contribution is 5.85. The maximum atomic E-state index is 11.9. The Hall–Kier alpha value is -2.04. The predicted octanol–water partition coefficient (Wildman–Crippen LogP) is 7.11. The zero-order valence-electron chi connectivity index (χ0n) is 19.8. The van der Waals surface area contributed by atoms with Crippen LogP contribution in [0, 0.1) is 0 Å². The Balaban J connectivity index is 1.93. The molecule has 0 aliphatic rings. The van der Waals surface area contributed by atoms with E-state index in [9.17, 15) is 9.90 Å². The quantitative estimate of drug-likeness (QED) is 0.139. The number of aromatic hydroxyl groups is 1. The molecule has 0 atom stereocenters. The number of rotatable bonds is 19. The average molecular weight is 433 g/mol. The summed E-state index contributed by atoms with van der Waals surface area (Å²) in [5.74, 6) is 0.637. The van der Waals surface area contributed by atoms with E-state index in [2.05, 4.69) is 17.5 Å². The third kappa shape index (κ3) is 14.6. The van der Waals surface area contributed by atoms with Gasteiger partial charge in [0.1, 0.15) is 11.5 Å². The van der Waals surface area contributed by atoms with Crippen LogP contribution in [-0.4, -0.2) is 24.3 Å². The molecular weight excluding hydrogens is 388 g/mol. The topological polar surface area (TPSA) is 70.9 Å². The van der Waals surface area contributed by atoms with Gasteiger partial charge >= 0.3 is 0 Å². The van der Waals surface area contributed by atoms with Gasteiger partial charge in [0.05, 0.1) is 13.3 Å². The number of hydrogen-bond acceptors (Lipinski definition) is 4. The van der Waals surface area contributed by atoms with E-state index in [0.717, 1.165) is 12.8 Å². The van der Waals surface area contributed by atoms with Gasteiger partial charge in [-0.1, -0.05) is 96.8 Å². The fourth-order valence-corrected chi connectivity index (χ4v) is 3.65. The van der Waals surface area contributed by atoms with Crippen LogP contribution < -0.4 is 10.2 Å². The molecule has 5 heteroatoms. The van der Waals surface area contributed by atoms with E-state index in [-0.39, 0.29) is 11.7 Å². The van der Waals surface area contributed by atoms with Gasteiger partial charge < -0.3 is 9.84 Å². The lowest BCUT2D eigenvalue weighted by molar-refractivity contribution is -0.121. The molecular formula is C26H44N2O3.